The number of ether oxygens (including phenoxy) is 1. The van der Waals surface area contributed by atoms with Crippen LogP contribution >= 0.6 is 0 Å². The van der Waals surface area contributed by atoms with E-state index >= 15 is 0 Å². The van der Waals surface area contributed by atoms with E-state index in [1.165, 1.54) is 5.57 Å². The lowest BCUT2D eigenvalue weighted by molar-refractivity contribution is -0.183. The van der Waals surface area contributed by atoms with E-state index < -0.39 is 34.6 Å². The van der Waals surface area contributed by atoms with Crippen LogP contribution in [0, 0.1) is 45.3 Å². The molecular formula is C30H44O5. The lowest BCUT2D eigenvalue weighted by Crippen LogP contribution is -2.64. The van der Waals surface area contributed by atoms with Gasteiger partial charge in [0.05, 0.1) is 12.2 Å². The van der Waals surface area contributed by atoms with E-state index in [1.54, 1.807) is 6.08 Å². The summed E-state index contributed by atoms with van der Waals surface area (Å²) in [5.41, 5.74) is -1.69. The highest BCUT2D eigenvalue weighted by molar-refractivity contribution is 6.00. The van der Waals surface area contributed by atoms with Crippen LogP contribution in [0.5, 0.6) is 0 Å². The fourth-order valence-corrected chi connectivity index (χ4v) is 9.57. The van der Waals surface area contributed by atoms with Gasteiger partial charge in [0, 0.05) is 35.2 Å². The molecule has 9 atom stereocenters. The number of allylic oxidation sites excluding steroid dienone is 2. The molecule has 0 amide bonds. The van der Waals surface area contributed by atoms with Crippen molar-refractivity contribution in [1.82, 2.24) is 0 Å². The summed E-state index contributed by atoms with van der Waals surface area (Å²) < 4.78 is 6.36. The molecule has 3 saturated carbocycles. The molecule has 0 aromatic heterocycles. The van der Waals surface area contributed by atoms with Crippen LogP contribution in [0.25, 0.3) is 0 Å². The minimum absolute atomic E-state index is 0.0679. The number of rotatable bonds is 2. The first-order chi connectivity index (χ1) is 16.0. The Hall–Kier alpha value is -1.46. The summed E-state index contributed by atoms with van der Waals surface area (Å²) in [6.07, 6.45) is 5.98. The van der Waals surface area contributed by atoms with Crippen molar-refractivity contribution in [3.8, 4) is 0 Å². The molecule has 5 heteroatoms. The minimum Gasteiger partial charge on any atom is -0.483 e. The van der Waals surface area contributed by atoms with Crippen LogP contribution < -0.4 is 0 Å². The zero-order chi connectivity index (χ0) is 25.9. The SMILES string of the molecule is CC(C)C1=CC(=O)C(C)(C2C(O)CC3(C)C4CC=C5C(CCC(O)C5(C)C)C4(C)C(=O)CC23C)O1. The maximum atomic E-state index is 14.3. The van der Waals surface area contributed by atoms with Crippen LogP contribution in [-0.4, -0.2) is 39.6 Å². The smallest absolute Gasteiger partial charge is 0.202 e. The Kier molecular flexibility index (Phi) is 5.26. The number of ketones is 2. The summed E-state index contributed by atoms with van der Waals surface area (Å²) >= 11 is 0. The van der Waals surface area contributed by atoms with Crippen molar-refractivity contribution in [2.45, 2.75) is 105 Å². The second-order valence-corrected chi connectivity index (χ2v) is 14.1. The number of carbonyl (C=O) groups excluding carboxylic acids is 2. The number of carbonyl (C=O) groups is 2. The van der Waals surface area contributed by atoms with Crippen molar-refractivity contribution in [3.63, 3.8) is 0 Å². The standard InChI is InChI=1S/C30H44O5/c1-16(2)20-13-23(33)30(8,35-20)25-19(31)14-27(5)21-11-9-17-18(10-12-22(32)26(17,3)4)29(21,7)24(34)15-28(25,27)6/h9,13,16,18-19,21-22,25,31-32H,10-12,14-15H2,1-8H3. The highest BCUT2D eigenvalue weighted by Crippen LogP contribution is 2.74. The monoisotopic (exact) mass is 484 g/mol. The molecule has 0 radical (unpaired) electrons. The van der Waals surface area contributed by atoms with Gasteiger partial charge in [-0.25, -0.2) is 0 Å². The fraction of sp³-hybridized carbons (Fsp3) is 0.800. The molecule has 2 N–H and O–H groups in total. The third kappa shape index (κ3) is 2.89. The molecule has 3 fully saturated rings. The fourth-order valence-electron chi connectivity index (χ4n) is 9.57. The van der Waals surface area contributed by atoms with Gasteiger partial charge in [0.1, 0.15) is 11.5 Å². The molecule has 35 heavy (non-hydrogen) atoms. The van der Waals surface area contributed by atoms with Crippen molar-refractivity contribution in [2.24, 2.45) is 45.3 Å². The van der Waals surface area contributed by atoms with E-state index in [-0.39, 0.29) is 40.2 Å². The highest BCUT2D eigenvalue weighted by Gasteiger charge is 2.75. The molecule has 0 aromatic carbocycles. The van der Waals surface area contributed by atoms with Crippen LogP contribution in [0.15, 0.2) is 23.5 Å². The van der Waals surface area contributed by atoms with Gasteiger partial charge in [-0.3, -0.25) is 9.59 Å². The topological polar surface area (TPSA) is 83.8 Å². The lowest BCUT2D eigenvalue weighted by Gasteiger charge is -2.64. The summed E-state index contributed by atoms with van der Waals surface area (Å²) in [5, 5.41) is 22.4. The van der Waals surface area contributed by atoms with Crippen molar-refractivity contribution in [3.05, 3.63) is 23.5 Å². The van der Waals surface area contributed by atoms with Crippen molar-refractivity contribution >= 4 is 11.6 Å². The molecule has 0 bridgehead atoms. The van der Waals surface area contributed by atoms with Gasteiger partial charge in [-0.05, 0) is 55.3 Å². The van der Waals surface area contributed by atoms with Gasteiger partial charge < -0.3 is 14.9 Å². The largest absolute Gasteiger partial charge is 0.483 e. The summed E-state index contributed by atoms with van der Waals surface area (Å²) in [6.45, 7) is 16.6. The maximum Gasteiger partial charge on any atom is 0.202 e. The van der Waals surface area contributed by atoms with Crippen LogP contribution in [0.3, 0.4) is 0 Å². The first kappa shape index (κ1) is 25.2. The van der Waals surface area contributed by atoms with Crippen LogP contribution in [-0.2, 0) is 14.3 Å². The first-order valence-electron chi connectivity index (χ1n) is 13.6. The number of fused-ring (bicyclic) bond motifs is 5. The molecule has 4 aliphatic carbocycles. The van der Waals surface area contributed by atoms with Gasteiger partial charge in [-0.15, -0.1) is 0 Å². The predicted octanol–water partition coefficient (Wildman–Crippen LogP) is 5.00. The van der Waals surface area contributed by atoms with Gasteiger partial charge in [0.25, 0.3) is 0 Å². The van der Waals surface area contributed by atoms with E-state index in [4.69, 9.17) is 4.74 Å². The Labute approximate surface area is 210 Å². The normalized spacial score (nSPS) is 50.8. The van der Waals surface area contributed by atoms with E-state index in [9.17, 15) is 19.8 Å². The number of hydrogen-bond donors (Lipinski definition) is 2. The summed E-state index contributed by atoms with van der Waals surface area (Å²) in [5.74, 6) is 0.630. The number of aliphatic hydroxyl groups excluding tert-OH is 2. The molecule has 1 aliphatic heterocycles. The number of Topliss-reactive ketones (excluding diaryl/α,β-unsaturated/α-hetero) is 1. The molecule has 1 heterocycles. The molecular weight excluding hydrogens is 440 g/mol. The molecule has 5 rings (SSSR count). The van der Waals surface area contributed by atoms with E-state index in [0.29, 0.717) is 25.0 Å². The molecule has 5 aliphatic rings. The van der Waals surface area contributed by atoms with Gasteiger partial charge >= 0.3 is 0 Å². The first-order valence-corrected chi connectivity index (χ1v) is 13.6. The van der Waals surface area contributed by atoms with E-state index in [2.05, 4.69) is 40.7 Å². The van der Waals surface area contributed by atoms with Crippen molar-refractivity contribution in [2.75, 3.05) is 0 Å². The molecule has 5 nitrogen and oxygen atoms in total. The average Bonchev–Trinajstić information content (AvgIpc) is 3.15. The highest BCUT2D eigenvalue weighted by atomic mass is 16.5. The molecule has 0 spiro atoms. The molecule has 194 valence electrons. The van der Waals surface area contributed by atoms with Crippen LogP contribution in [0.1, 0.15) is 87.5 Å². The molecule has 0 aromatic rings. The van der Waals surface area contributed by atoms with Gasteiger partial charge in [-0.2, -0.15) is 0 Å². The Bertz CT molecular complexity index is 1040. The van der Waals surface area contributed by atoms with Crippen molar-refractivity contribution in [1.29, 1.82) is 0 Å². The predicted molar refractivity (Wildman–Crippen MR) is 134 cm³/mol. The van der Waals surface area contributed by atoms with Gasteiger partial charge in [0.2, 0.25) is 5.78 Å². The molecule has 0 saturated heterocycles. The zero-order valence-corrected chi connectivity index (χ0v) is 22.8. The zero-order valence-electron chi connectivity index (χ0n) is 22.8. The van der Waals surface area contributed by atoms with E-state index in [1.807, 2.05) is 20.8 Å². The second-order valence-electron chi connectivity index (χ2n) is 14.1. The van der Waals surface area contributed by atoms with Gasteiger partial charge in [-0.1, -0.05) is 60.1 Å². The minimum atomic E-state index is -1.16. The van der Waals surface area contributed by atoms with E-state index in [0.717, 1.165) is 12.8 Å². The summed E-state index contributed by atoms with van der Waals surface area (Å²) in [4.78, 5) is 27.7. The van der Waals surface area contributed by atoms with Gasteiger partial charge in [0.15, 0.2) is 5.60 Å². The summed E-state index contributed by atoms with van der Waals surface area (Å²) in [6, 6.07) is 0. The summed E-state index contributed by atoms with van der Waals surface area (Å²) in [7, 11) is 0. The van der Waals surface area contributed by atoms with Crippen LogP contribution in [0.4, 0.5) is 0 Å². The Morgan fingerprint density at radius 2 is 1.66 bits per heavy atom. The maximum absolute atomic E-state index is 14.3. The number of hydrogen-bond acceptors (Lipinski definition) is 5. The second kappa shape index (κ2) is 7.31. The third-order valence-electron chi connectivity index (χ3n) is 11.9. The van der Waals surface area contributed by atoms with Crippen molar-refractivity contribution < 1.29 is 24.5 Å². The van der Waals surface area contributed by atoms with Crippen LogP contribution in [0.2, 0.25) is 0 Å². The Morgan fingerprint density at radius 3 is 2.26 bits per heavy atom. The molecule has 9 unspecified atom stereocenters. The quantitative estimate of drug-likeness (QED) is 0.539. The lowest BCUT2D eigenvalue weighted by atomic mass is 9.38. The Morgan fingerprint density at radius 1 is 1.00 bits per heavy atom. The number of aliphatic hydroxyl groups is 2. The Balaban J connectivity index is 1.59. The average molecular weight is 485 g/mol. The third-order valence-corrected chi connectivity index (χ3v) is 11.9.